The zero-order valence-corrected chi connectivity index (χ0v) is 7.04. The zero-order chi connectivity index (χ0) is 7.68. The summed E-state index contributed by atoms with van der Waals surface area (Å²) in [6.07, 6.45) is 14.1. The monoisotopic (exact) mass is 166 g/mol. The summed E-state index contributed by atoms with van der Waals surface area (Å²) in [7, 11) is 0. The highest BCUT2D eigenvalue weighted by Crippen LogP contribution is 2.32. The molecular weight excluding hydrogens is 156 g/mol. The Morgan fingerprint density at radius 1 is 1.09 bits per heavy atom. The van der Waals surface area contributed by atoms with E-state index in [1.54, 1.807) is 0 Å². The van der Waals surface area contributed by atoms with E-state index in [4.69, 9.17) is 11.6 Å². The van der Waals surface area contributed by atoms with Crippen LogP contribution in [0.15, 0.2) is 36.5 Å². The summed E-state index contributed by atoms with van der Waals surface area (Å²) in [4.78, 5) is 0. The van der Waals surface area contributed by atoms with Crippen LogP contribution in [-0.2, 0) is 0 Å². The molecule has 11 heavy (non-hydrogen) atoms. The van der Waals surface area contributed by atoms with Gasteiger partial charge in [0.1, 0.15) is 0 Å². The average molecular weight is 167 g/mol. The Hall–Kier alpha value is -0.490. The fourth-order valence-corrected chi connectivity index (χ4v) is 2.07. The maximum absolute atomic E-state index is 6.15. The summed E-state index contributed by atoms with van der Waals surface area (Å²) in [6.45, 7) is 0. The van der Waals surface area contributed by atoms with Crippen molar-refractivity contribution < 1.29 is 0 Å². The van der Waals surface area contributed by atoms with Gasteiger partial charge in [0.25, 0.3) is 0 Å². The lowest BCUT2D eigenvalue weighted by Crippen LogP contribution is -2.23. The standard InChI is InChI=1S/C10H11Cl/c11-10-7-3-5-8-4-1-2-6-9(8)10/h1-6,8-10H,7H2. The molecule has 0 aromatic rings. The molecule has 0 fully saturated rings. The highest BCUT2D eigenvalue weighted by atomic mass is 35.5. The van der Waals surface area contributed by atoms with Crippen molar-refractivity contribution in [3.05, 3.63) is 36.5 Å². The Morgan fingerprint density at radius 2 is 1.91 bits per heavy atom. The lowest BCUT2D eigenvalue weighted by atomic mass is 9.81. The summed E-state index contributed by atoms with van der Waals surface area (Å²) in [5.41, 5.74) is 0. The summed E-state index contributed by atoms with van der Waals surface area (Å²) in [6, 6.07) is 0. The van der Waals surface area contributed by atoms with E-state index in [-0.39, 0.29) is 0 Å². The van der Waals surface area contributed by atoms with Crippen LogP contribution in [0.25, 0.3) is 0 Å². The number of rotatable bonds is 0. The fourth-order valence-electron chi connectivity index (χ4n) is 1.72. The van der Waals surface area contributed by atoms with E-state index in [1.165, 1.54) is 0 Å². The second kappa shape index (κ2) is 2.86. The molecule has 3 unspecified atom stereocenters. The van der Waals surface area contributed by atoms with Crippen LogP contribution < -0.4 is 0 Å². The topological polar surface area (TPSA) is 0 Å². The van der Waals surface area contributed by atoms with Crippen molar-refractivity contribution in [1.82, 2.24) is 0 Å². The molecule has 2 rings (SSSR count). The van der Waals surface area contributed by atoms with Crippen LogP contribution in [0.3, 0.4) is 0 Å². The largest absolute Gasteiger partial charge is 0.122 e. The first-order chi connectivity index (χ1) is 5.38. The highest BCUT2D eigenvalue weighted by Gasteiger charge is 2.25. The van der Waals surface area contributed by atoms with Gasteiger partial charge in [0.15, 0.2) is 0 Å². The van der Waals surface area contributed by atoms with E-state index in [0.29, 0.717) is 17.2 Å². The molecule has 0 N–H and O–H groups in total. The number of alkyl halides is 1. The van der Waals surface area contributed by atoms with Crippen molar-refractivity contribution in [1.29, 1.82) is 0 Å². The van der Waals surface area contributed by atoms with Gasteiger partial charge in [0.05, 0.1) is 0 Å². The molecule has 3 atom stereocenters. The van der Waals surface area contributed by atoms with Gasteiger partial charge in [-0.05, 0) is 6.42 Å². The summed E-state index contributed by atoms with van der Waals surface area (Å²) in [5.74, 6) is 1.09. The second-order valence-corrected chi connectivity index (χ2v) is 3.66. The van der Waals surface area contributed by atoms with Gasteiger partial charge in [-0.3, -0.25) is 0 Å². The zero-order valence-electron chi connectivity index (χ0n) is 6.28. The maximum atomic E-state index is 6.15. The van der Waals surface area contributed by atoms with Gasteiger partial charge < -0.3 is 0 Å². The molecular formula is C10H11Cl. The van der Waals surface area contributed by atoms with E-state index < -0.39 is 0 Å². The van der Waals surface area contributed by atoms with E-state index in [0.717, 1.165) is 6.42 Å². The molecule has 2 aliphatic carbocycles. The van der Waals surface area contributed by atoms with Crippen LogP contribution in [0.5, 0.6) is 0 Å². The van der Waals surface area contributed by atoms with Gasteiger partial charge in [-0.25, -0.2) is 0 Å². The van der Waals surface area contributed by atoms with E-state index in [1.807, 2.05) is 0 Å². The van der Waals surface area contributed by atoms with Crippen LogP contribution >= 0.6 is 11.6 Å². The summed E-state index contributed by atoms with van der Waals surface area (Å²) < 4.78 is 0. The minimum atomic E-state index is 0.297. The highest BCUT2D eigenvalue weighted by molar-refractivity contribution is 6.21. The lowest BCUT2D eigenvalue weighted by molar-refractivity contribution is 0.499. The van der Waals surface area contributed by atoms with Crippen LogP contribution in [-0.4, -0.2) is 5.38 Å². The van der Waals surface area contributed by atoms with E-state index in [2.05, 4.69) is 36.5 Å². The first-order valence-electron chi connectivity index (χ1n) is 4.03. The van der Waals surface area contributed by atoms with Gasteiger partial charge >= 0.3 is 0 Å². The Balaban J connectivity index is 2.25. The van der Waals surface area contributed by atoms with Crippen molar-refractivity contribution in [3.8, 4) is 0 Å². The van der Waals surface area contributed by atoms with Gasteiger partial charge in [-0.2, -0.15) is 0 Å². The number of allylic oxidation sites excluding steroid dienone is 6. The van der Waals surface area contributed by atoms with Crippen molar-refractivity contribution in [3.63, 3.8) is 0 Å². The summed E-state index contributed by atoms with van der Waals surface area (Å²) >= 11 is 6.15. The van der Waals surface area contributed by atoms with Crippen molar-refractivity contribution in [2.24, 2.45) is 11.8 Å². The van der Waals surface area contributed by atoms with Gasteiger partial charge in [0, 0.05) is 17.2 Å². The second-order valence-electron chi connectivity index (χ2n) is 3.10. The maximum Gasteiger partial charge on any atom is 0.0441 e. The molecule has 1 heteroatoms. The smallest absolute Gasteiger partial charge is 0.0441 e. The van der Waals surface area contributed by atoms with Crippen molar-refractivity contribution in [2.45, 2.75) is 11.8 Å². The van der Waals surface area contributed by atoms with Gasteiger partial charge in [-0.1, -0.05) is 36.5 Å². The third kappa shape index (κ3) is 1.28. The molecule has 0 heterocycles. The summed E-state index contributed by atoms with van der Waals surface area (Å²) in [5, 5.41) is 0.297. The average Bonchev–Trinajstić information content (AvgIpc) is 2.06. The molecule has 2 aliphatic rings. The molecule has 0 amide bonds. The molecule has 0 bridgehead atoms. The molecule has 0 nitrogen and oxygen atoms in total. The molecule has 0 saturated heterocycles. The van der Waals surface area contributed by atoms with Crippen LogP contribution in [0, 0.1) is 11.8 Å². The minimum absolute atomic E-state index is 0.297. The molecule has 0 saturated carbocycles. The fraction of sp³-hybridized carbons (Fsp3) is 0.400. The van der Waals surface area contributed by atoms with Crippen LogP contribution in [0.4, 0.5) is 0 Å². The number of hydrogen-bond acceptors (Lipinski definition) is 0. The van der Waals surface area contributed by atoms with Crippen LogP contribution in [0.1, 0.15) is 6.42 Å². The first kappa shape index (κ1) is 7.17. The number of hydrogen-bond donors (Lipinski definition) is 0. The third-order valence-corrected chi connectivity index (χ3v) is 2.83. The minimum Gasteiger partial charge on any atom is -0.122 e. The van der Waals surface area contributed by atoms with Gasteiger partial charge in [0.2, 0.25) is 0 Å². The van der Waals surface area contributed by atoms with E-state index in [9.17, 15) is 0 Å². The van der Waals surface area contributed by atoms with Crippen molar-refractivity contribution >= 4 is 11.6 Å². The molecule has 58 valence electrons. The predicted octanol–water partition coefficient (Wildman–Crippen LogP) is 2.91. The number of halogens is 1. The lowest BCUT2D eigenvalue weighted by Gasteiger charge is -2.28. The molecule has 0 aliphatic heterocycles. The Kier molecular flexibility index (Phi) is 1.87. The van der Waals surface area contributed by atoms with Gasteiger partial charge in [-0.15, -0.1) is 11.6 Å². The Morgan fingerprint density at radius 3 is 2.73 bits per heavy atom. The van der Waals surface area contributed by atoms with E-state index >= 15 is 0 Å². The molecule has 0 radical (unpaired) electrons. The quantitative estimate of drug-likeness (QED) is 0.384. The Labute approximate surface area is 72.2 Å². The number of fused-ring (bicyclic) bond motifs is 1. The third-order valence-electron chi connectivity index (χ3n) is 2.36. The molecule has 0 aromatic carbocycles. The van der Waals surface area contributed by atoms with Crippen LogP contribution in [0.2, 0.25) is 0 Å². The molecule has 0 aromatic heterocycles. The molecule has 0 spiro atoms. The van der Waals surface area contributed by atoms with Crippen molar-refractivity contribution in [2.75, 3.05) is 0 Å². The predicted molar refractivity (Wildman–Crippen MR) is 48.7 cm³/mol. The normalized spacial score (nSPS) is 40.6. The first-order valence-corrected chi connectivity index (χ1v) is 4.47. The Bertz CT molecular complexity index is 225. The SMILES string of the molecule is ClC1CC=CC2C=CC=CC21.